The summed E-state index contributed by atoms with van der Waals surface area (Å²) in [6.45, 7) is 2.47. The number of carbonyl (C=O) groups is 2. The monoisotopic (exact) mass is 357 g/mol. The van der Waals surface area contributed by atoms with E-state index in [0.717, 1.165) is 11.3 Å². The zero-order valence-corrected chi connectivity index (χ0v) is 15.0. The summed E-state index contributed by atoms with van der Waals surface area (Å²) in [6.07, 6.45) is 0. The molecule has 0 bridgehead atoms. The molecule has 6 heteroatoms. The molecular formula is C19H20ClN3O2. The van der Waals surface area contributed by atoms with Crippen molar-refractivity contribution in [3.05, 3.63) is 59.1 Å². The third-order valence-electron chi connectivity index (χ3n) is 4.38. The summed E-state index contributed by atoms with van der Waals surface area (Å²) in [5.74, 6) is -0.288. The van der Waals surface area contributed by atoms with Gasteiger partial charge in [-0.3, -0.25) is 19.4 Å². The van der Waals surface area contributed by atoms with Gasteiger partial charge in [-0.25, -0.2) is 0 Å². The molecule has 1 aliphatic rings. The minimum Gasteiger partial charge on any atom is -0.323 e. The Balaban J connectivity index is 1.77. The van der Waals surface area contributed by atoms with Crippen molar-refractivity contribution in [2.24, 2.45) is 0 Å². The van der Waals surface area contributed by atoms with Crippen LogP contribution in [0.15, 0.2) is 48.5 Å². The van der Waals surface area contributed by atoms with Crippen molar-refractivity contribution in [1.82, 2.24) is 4.90 Å². The van der Waals surface area contributed by atoms with Gasteiger partial charge in [0.15, 0.2) is 0 Å². The van der Waals surface area contributed by atoms with E-state index in [1.165, 1.54) is 0 Å². The number of fused-ring (bicyclic) bond motifs is 1. The van der Waals surface area contributed by atoms with Gasteiger partial charge in [0, 0.05) is 11.6 Å². The first-order valence-electron chi connectivity index (χ1n) is 8.10. The van der Waals surface area contributed by atoms with E-state index in [2.05, 4.69) is 5.32 Å². The van der Waals surface area contributed by atoms with Crippen LogP contribution >= 0.6 is 11.6 Å². The number of hydrogen-bond donors (Lipinski definition) is 1. The minimum atomic E-state index is -0.377. The fraction of sp³-hybridized carbons (Fsp3) is 0.263. The van der Waals surface area contributed by atoms with E-state index in [1.54, 1.807) is 11.0 Å². The van der Waals surface area contributed by atoms with Gasteiger partial charge in [-0.15, -0.1) is 0 Å². The molecule has 0 unspecified atom stereocenters. The Kier molecular flexibility index (Phi) is 5.06. The van der Waals surface area contributed by atoms with Gasteiger partial charge >= 0.3 is 0 Å². The van der Waals surface area contributed by atoms with E-state index < -0.39 is 0 Å². The summed E-state index contributed by atoms with van der Waals surface area (Å²) in [7, 11) is 1.89. The smallest absolute Gasteiger partial charge is 0.244 e. The molecule has 5 nitrogen and oxygen atoms in total. The Morgan fingerprint density at radius 2 is 2.04 bits per heavy atom. The van der Waals surface area contributed by atoms with Crippen LogP contribution in [0.3, 0.4) is 0 Å². The van der Waals surface area contributed by atoms with Crippen LogP contribution < -0.4 is 10.2 Å². The number of carbonyl (C=O) groups excluding carboxylic acids is 2. The van der Waals surface area contributed by atoms with Crippen LogP contribution in [0.4, 0.5) is 11.4 Å². The van der Waals surface area contributed by atoms with Crippen LogP contribution in [-0.2, 0) is 16.1 Å². The first-order valence-corrected chi connectivity index (χ1v) is 8.48. The molecular weight excluding hydrogens is 338 g/mol. The molecule has 0 aliphatic carbocycles. The summed E-state index contributed by atoms with van der Waals surface area (Å²) in [5.41, 5.74) is 2.43. The molecule has 0 saturated heterocycles. The topological polar surface area (TPSA) is 52.7 Å². The number of anilines is 2. The third kappa shape index (κ3) is 3.83. The van der Waals surface area contributed by atoms with E-state index >= 15 is 0 Å². The van der Waals surface area contributed by atoms with E-state index in [0.29, 0.717) is 17.3 Å². The molecule has 0 spiro atoms. The number of para-hydroxylation sites is 2. The van der Waals surface area contributed by atoms with Crippen LogP contribution in [0, 0.1) is 0 Å². The van der Waals surface area contributed by atoms with Crippen LogP contribution in [0.2, 0.25) is 5.02 Å². The standard InChI is InChI=1S/C19H20ClN3O2/c1-13(22(2)11-14-6-5-7-15(20)10-14)19(25)23-12-18(24)21-16-8-3-4-9-17(16)23/h3-10,13H,11-12H2,1-2H3,(H,21,24)/t13-/m1/s1. The molecule has 1 aliphatic heterocycles. The Hall–Kier alpha value is -2.37. The molecule has 0 aromatic heterocycles. The van der Waals surface area contributed by atoms with E-state index in [-0.39, 0.29) is 24.4 Å². The average molecular weight is 358 g/mol. The average Bonchev–Trinajstić information content (AvgIpc) is 2.59. The second-order valence-electron chi connectivity index (χ2n) is 6.21. The SMILES string of the molecule is C[C@H](C(=O)N1CC(=O)Nc2ccccc21)N(C)Cc1cccc(Cl)c1. The van der Waals surface area contributed by atoms with Crippen molar-refractivity contribution < 1.29 is 9.59 Å². The normalized spacial score (nSPS) is 14.9. The summed E-state index contributed by atoms with van der Waals surface area (Å²) in [4.78, 5) is 28.4. The van der Waals surface area contributed by atoms with Gasteiger partial charge in [0.2, 0.25) is 11.8 Å². The van der Waals surface area contributed by atoms with E-state index in [4.69, 9.17) is 11.6 Å². The largest absolute Gasteiger partial charge is 0.323 e. The number of rotatable bonds is 4. The van der Waals surface area contributed by atoms with Gasteiger partial charge in [0.05, 0.1) is 17.4 Å². The van der Waals surface area contributed by atoms with Crippen molar-refractivity contribution in [2.45, 2.75) is 19.5 Å². The van der Waals surface area contributed by atoms with Gasteiger partial charge in [-0.1, -0.05) is 35.9 Å². The number of likely N-dealkylation sites (N-methyl/N-ethyl adjacent to an activating group) is 1. The Labute approximate surface area is 152 Å². The number of benzene rings is 2. The highest BCUT2D eigenvalue weighted by molar-refractivity contribution is 6.30. The second kappa shape index (κ2) is 7.25. The minimum absolute atomic E-state index is 0.0329. The number of amides is 2. The maximum Gasteiger partial charge on any atom is 0.244 e. The van der Waals surface area contributed by atoms with E-state index in [1.807, 2.05) is 61.3 Å². The van der Waals surface area contributed by atoms with E-state index in [9.17, 15) is 9.59 Å². The maximum absolute atomic E-state index is 13.0. The van der Waals surface area contributed by atoms with Crippen molar-refractivity contribution in [3.63, 3.8) is 0 Å². The Morgan fingerprint density at radius 1 is 1.28 bits per heavy atom. The molecule has 3 rings (SSSR count). The molecule has 2 aromatic rings. The van der Waals surface area contributed by atoms with Crippen molar-refractivity contribution >= 4 is 34.8 Å². The van der Waals surface area contributed by atoms with Crippen molar-refractivity contribution in [3.8, 4) is 0 Å². The summed E-state index contributed by atoms with van der Waals surface area (Å²) in [5, 5.41) is 3.47. The molecule has 1 heterocycles. The lowest BCUT2D eigenvalue weighted by molar-refractivity contribution is -0.125. The predicted molar refractivity (Wildman–Crippen MR) is 99.8 cm³/mol. The number of nitrogens with zero attached hydrogens (tertiary/aromatic N) is 2. The van der Waals surface area contributed by atoms with Gasteiger partial charge in [0.1, 0.15) is 6.54 Å². The molecule has 1 atom stereocenters. The highest BCUT2D eigenvalue weighted by Crippen LogP contribution is 2.29. The molecule has 2 amide bonds. The highest BCUT2D eigenvalue weighted by atomic mass is 35.5. The lowest BCUT2D eigenvalue weighted by Gasteiger charge is -2.33. The zero-order valence-electron chi connectivity index (χ0n) is 14.2. The van der Waals surface area contributed by atoms with Crippen LogP contribution in [0.1, 0.15) is 12.5 Å². The fourth-order valence-corrected chi connectivity index (χ4v) is 3.12. The van der Waals surface area contributed by atoms with Crippen molar-refractivity contribution in [1.29, 1.82) is 0 Å². The molecule has 0 radical (unpaired) electrons. The number of nitrogens with one attached hydrogen (secondary N) is 1. The second-order valence-corrected chi connectivity index (χ2v) is 6.65. The van der Waals surface area contributed by atoms with Crippen molar-refractivity contribution in [2.75, 3.05) is 23.8 Å². The quantitative estimate of drug-likeness (QED) is 0.914. The summed E-state index contributed by atoms with van der Waals surface area (Å²) in [6, 6.07) is 14.5. The molecule has 0 saturated carbocycles. The van der Waals surface area contributed by atoms with Crippen LogP contribution in [-0.4, -0.2) is 36.3 Å². The van der Waals surface area contributed by atoms with Gasteiger partial charge < -0.3 is 5.32 Å². The first-order chi connectivity index (χ1) is 12.0. The number of halogens is 1. The molecule has 2 aromatic carbocycles. The fourth-order valence-electron chi connectivity index (χ4n) is 2.90. The first kappa shape index (κ1) is 17.5. The van der Waals surface area contributed by atoms with Gasteiger partial charge in [-0.2, -0.15) is 0 Å². The lowest BCUT2D eigenvalue weighted by Crippen LogP contribution is -2.50. The molecule has 1 N–H and O–H groups in total. The molecule has 25 heavy (non-hydrogen) atoms. The Bertz CT molecular complexity index is 809. The third-order valence-corrected chi connectivity index (χ3v) is 4.61. The van der Waals surface area contributed by atoms with Gasteiger partial charge in [-0.05, 0) is 43.8 Å². The molecule has 0 fully saturated rings. The molecule has 130 valence electrons. The zero-order chi connectivity index (χ0) is 18.0. The number of hydrogen-bond acceptors (Lipinski definition) is 3. The summed E-state index contributed by atoms with van der Waals surface area (Å²) >= 11 is 6.03. The van der Waals surface area contributed by atoms with Crippen LogP contribution in [0.5, 0.6) is 0 Å². The summed E-state index contributed by atoms with van der Waals surface area (Å²) < 4.78 is 0. The predicted octanol–water partition coefficient (Wildman–Crippen LogP) is 3.15. The maximum atomic E-state index is 13.0. The Morgan fingerprint density at radius 3 is 2.80 bits per heavy atom. The highest BCUT2D eigenvalue weighted by Gasteiger charge is 2.31. The lowest BCUT2D eigenvalue weighted by atomic mass is 10.1. The van der Waals surface area contributed by atoms with Gasteiger partial charge in [0.25, 0.3) is 0 Å². The van der Waals surface area contributed by atoms with Crippen LogP contribution in [0.25, 0.3) is 0 Å².